The van der Waals surface area contributed by atoms with E-state index in [1.165, 1.54) is 17.4 Å². The lowest BCUT2D eigenvalue weighted by molar-refractivity contribution is -0.124. The highest BCUT2D eigenvalue weighted by Crippen LogP contribution is 2.17. The summed E-state index contributed by atoms with van der Waals surface area (Å²) in [7, 11) is 0. The van der Waals surface area contributed by atoms with Crippen LogP contribution in [0.5, 0.6) is 0 Å². The average molecular weight is 399 g/mol. The van der Waals surface area contributed by atoms with Gasteiger partial charge in [0.25, 0.3) is 5.91 Å². The van der Waals surface area contributed by atoms with E-state index in [0.717, 1.165) is 5.56 Å². The number of anilines is 1. The number of rotatable bonds is 8. The Bertz CT molecular complexity index is 947. The highest BCUT2D eigenvalue weighted by atomic mass is 32.1. The number of esters is 1. The number of carbonyl (C=O) groups excluding carboxylic acids is 2. The van der Waals surface area contributed by atoms with Gasteiger partial charge in [-0.3, -0.25) is 4.79 Å². The zero-order valence-corrected chi connectivity index (χ0v) is 15.7. The summed E-state index contributed by atoms with van der Waals surface area (Å²) in [6, 6.07) is 15.9. The summed E-state index contributed by atoms with van der Waals surface area (Å²) in [5, 5.41) is 7.78. The van der Waals surface area contributed by atoms with Crippen LogP contribution in [0, 0.1) is 5.82 Å². The van der Waals surface area contributed by atoms with E-state index in [2.05, 4.69) is 15.6 Å². The molecule has 2 aromatic carbocycles. The molecule has 2 N–H and O–H groups in total. The van der Waals surface area contributed by atoms with Crippen LogP contribution in [0.15, 0.2) is 60.0 Å². The molecule has 0 bridgehead atoms. The quantitative estimate of drug-likeness (QED) is 0.568. The van der Waals surface area contributed by atoms with Crippen molar-refractivity contribution in [3.05, 3.63) is 82.6 Å². The molecule has 1 heterocycles. The first-order chi connectivity index (χ1) is 13.6. The number of nitrogens with one attached hydrogen (secondary N) is 2. The molecule has 0 saturated heterocycles. The molecule has 1 aromatic heterocycles. The van der Waals surface area contributed by atoms with Gasteiger partial charge in [-0.15, -0.1) is 11.3 Å². The van der Waals surface area contributed by atoms with Crippen LogP contribution in [-0.2, 0) is 22.6 Å². The van der Waals surface area contributed by atoms with Gasteiger partial charge < -0.3 is 15.4 Å². The number of thiazole rings is 1. The zero-order chi connectivity index (χ0) is 19.8. The van der Waals surface area contributed by atoms with Crippen molar-refractivity contribution in [1.29, 1.82) is 0 Å². The molecule has 3 rings (SSSR count). The third-order valence-corrected chi connectivity index (χ3v) is 4.57. The van der Waals surface area contributed by atoms with Crippen LogP contribution in [0.3, 0.4) is 0 Å². The molecule has 28 heavy (non-hydrogen) atoms. The Morgan fingerprint density at radius 2 is 1.79 bits per heavy atom. The maximum absolute atomic E-state index is 13.5. The van der Waals surface area contributed by atoms with Crippen LogP contribution in [0.2, 0.25) is 0 Å². The average Bonchev–Trinajstić information content (AvgIpc) is 3.20. The lowest BCUT2D eigenvalue weighted by Crippen LogP contribution is -2.28. The summed E-state index contributed by atoms with van der Waals surface area (Å²) < 4.78 is 18.5. The van der Waals surface area contributed by atoms with Crippen LogP contribution in [0.4, 0.5) is 9.52 Å². The molecule has 1 amide bonds. The lowest BCUT2D eigenvalue weighted by Gasteiger charge is -2.06. The van der Waals surface area contributed by atoms with E-state index >= 15 is 0 Å². The first-order valence-corrected chi connectivity index (χ1v) is 9.40. The number of carbonyl (C=O) groups is 2. The Labute approximate surface area is 165 Å². The molecule has 0 saturated carbocycles. The van der Waals surface area contributed by atoms with Crippen LogP contribution < -0.4 is 10.6 Å². The Hall–Kier alpha value is -3.26. The third-order valence-electron chi connectivity index (χ3n) is 3.77. The second kappa shape index (κ2) is 9.61. The molecule has 0 unspecified atom stereocenters. The molecular weight excluding hydrogens is 381 g/mol. The standard InChI is InChI=1S/C20H18FN3O3S/c21-16-9-5-4-8-15(16)11-22-18(25)12-27-19(26)17-13-28-20(24-17)23-10-14-6-2-1-3-7-14/h1-9,13H,10-12H2,(H,22,25)(H,23,24). The minimum absolute atomic E-state index is 0.0211. The molecule has 0 radical (unpaired) electrons. The summed E-state index contributed by atoms with van der Waals surface area (Å²) in [6.07, 6.45) is 0. The highest BCUT2D eigenvalue weighted by Gasteiger charge is 2.14. The molecule has 6 nitrogen and oxygen atoms in total. The predicted molar refractivity (Wildman–Crippen MR) is 104 cm³/mol. The lowest BCUT2D eigenvalue weighted by atomic mass is 10.2. The molecule has 144 valence electrons. The van der Waals surface area contributed by atoms with E-state index in [0.29, 0.717) is 17.2 Å². The van der Waals surface area contributed by atoms with Gasteiger partial charge in [0.05, 0.1) is 0 Å². The van der Waals surface area contributed by atoms with Gasteiger partial charge in [-0.1, -0.05) is 48.5 Å². The van der Waals surface area contributed by atoms with Gasteiger partial charge in [0.2, 0.25) is 0 Å². The van der Waals surface area contributed by atoms with Crippen molar-refractivity contribution in [1.82, 2.24) is 10.3 Å². The van der Waals surface area contributed by atoms with Crippen LogP contribution in [0.25, 0.3) is 0 Å². The normalized spacial score (nSPS) is 10.3. The molecule has 0 aliphatic rings. The largest absolute Gasteiger partial charge is 0.451 e. The van der Waals surface area contributed by atoms with Gasteiger partial charge >= 0.3 is 5.97 Å². The molecule has 0 spiro atoms. The fraction of sp³-hybridized carbons (Fsp3) is 0.150. The highest BCUT2D eigenvalue weighted by molar-refractivity contribution is 7.13. The van der Waals surface area contributed by atoms with Gasteiger partial charge in [-0.2, -0.15) is 0 Å². The number of hydrogen-bond donors (Lipinski definition) is 2. The Morgan fingerprint density at radius 1 is 1.04 bits per heavy atom. The number of halogens is 1. The van der Waals surface area contributed by atoms with Crippen LogP contribution >= 0.6 is 11.3 Å². The van der Waals surface area contributed by atoms with Crippen molar-refractivity contribution >= 4 is 28.3 Å². The molecule has 0 fully saturated rings. The molecule has 0 aliphatic heterocycles. The van der Waals surface area contributed by atoms with E-state index in [1.54, 1.807) is 23.6 Å². The number of hydrogen-bond acceptors (Lipinski definition) is 6. The summed E-state index contributed by atoms with van der Waals surface area (Å²) in [5.74, 6) is -1.61. The number of ether oxygens (including phenoxy) is 1. The second-order valence-corrected chi connectivity index (χ2v) is 6.68. The first kappa shape index (κ1) is 19.5. The molecule has 8 heteroatoms. The second-order valence-electron chi connectivity index (χ2n) is 5.82. The van der Waals surface area contributed by atoms with E-state index in [-0.39, 0.29) is 12.2 Å². The molecule has 0 aliphatic carbocycles. The Balaban J connectivity index is 1.42. The minimum Gasteiger partial charge on any atom is -0.451 e. The number of benzene rings is 2. The summed E-state index contributed by atoms with van der Waals surface area (Å²) >= 11 is 1.28. The smallest absolute Gasteiger partial charge is 0.358 e. The van der Waals surface area contributed by atoms with Gasteiger partial charge in [-0.25, -0.2) is 14.2 Å². The topological polar surface area (TPSA) is 80.3 Å². The number of aromatic nitrogens is 1. The van der Waals surface area contributed by atoms with Crippen molar-refractivity contribution < 1.29 is 18.7 Å². The molecule has 3 aromatic rings. The van der Waals surface area contributed by atoms with Crippen molar-refractivity contribution in [2.45, 2.75) is 13.1 Å². The third kappa shape index (κ3) is 5.62. The van der Waals surface area contributed by atoms with Gasteiger partial charge in [0.15, 0.2) is 17.4 Å². The Kier molecular flexibility index (Phi) is 6.69. The van der Waals surface area contributed by atoms with Crippen molar-refractivity contribution in [3.8, 4) is 0 Å². The number of nitrogens with zero attached hydrogens (tertiary/aromatic N) is 1. The van der Waals surface area contributed by atoms with E-state index in [1.807, 2.05) is 30.3 Å². The summed E-state index contributed by atoms with van der Waals surface area (Å²) in [6.45, 7) is 0.145. The monoisotopic (exact) mass is 399 g/mol. The van der Waals surface area contributed by atoms with Crippen molar-refractivity contribution in [2.75, 3.05) is 11.9 Å². The van der Waals surface area contributed by atoms with Crippen LogP contribution in [0.1, 0.15) is 21.6 Å². The van der Waals surface area contributed by atoms with Gasteiger partial charge in [0.1, 0.15) is 5.82 Å². The van der Waals surface area contributed by atoms with Crippen molar-refractivity contribution in [3.63, 3.8) is 0 Å². The fourth-order valence-corrected chi connectivity index (χ4v) is 2.99. The summed E-state index contributed by atoms with van der Waals surface area (Å²) in [5.41, 5.74) is 1.58. The summed E-state index contributed by atoms with van der Waals surface area (Å²) in [4.78, 5) is 28.0. The van der Waals surface area contributed by atoms with Crippen molar-refractivity contribution in [2.24, 2.45) is 0 Å². The SMILES string of the molecule is O=C(COC(=O)c1csc(NCc2ccccc2)n1)NCc1ccccc1F. The van der Waals surface area contributed by atoms with Crippen LogP contribution in [-0.4, -0.2) is 23.5 Å². The Morgan fingerprint density at radius 3 is 2.57 bits per heavy atom. The molecule has 0 atom stereocenters. The maximum Gasteiger partial charge on any atom is 0.358 e. The van der Waals surface area contributed by atoms with E-state index in [9.17, 15) is 14.0 Å². The molecular formula is C20H18FN3O3S. The van der Waals surface area contributed by atoms with Gasteiger partial charge in [-0.05, 0) is 11.6 Å². The maximum atomic E-state index is 13.5. The number of amides is 1. The zero-order valence-electron chi connectivity index (χ0n) is 14.9. The fourth-order valence-electron chi connectivity index (χ4n) is 2.31. The van der Waals surface area contributed by atoms with E-state index < -0.39 is 24.3 Å². The van der Waals surface area contributed by atoms with Gasteiger partial charge in [0, 0.05) is 24.0 Å². The predicted octanol–water partition coefficient (Wildman–Crippen LogP) is 3.37. The van der Waals surface area contributed by atoms with E-state index in [4.69, 9.17) is 4.74 Å². The minimum atomic E-state index is -0.690. The first-order valence-electron chi connectivity index (χ1n) is 8.52.